The molecule has 244 valence electrons. The number of carbonyl (C=O) groups is 4. The van der Waals surface area contributed by atoms with Crippen LogP contribution in [0.1, 0.15) is 54.2 Å². The number of rotatable bonds is 15. The Bertz CT molecular complexity index is 1530. The van der Waals surface area contributed by atoms with Gasteiger partial charge in [0, 0.05) is 41.4 Å². The van der Waals surface area contributed by atoms with E-state index < -0.39 is 35.7 Å². The molecule has 46 heavy (non-hydrogen) atoms. The van der Waals surface area contributed by atoms with Crippen LogP contribution in [-0.2, 0) is 16.0 Å². The summed E-state index contributed by atoms with van der Waals surface area (Å²) < 4.78 is 0.908. The minimum absolute atomic E-state index is 0.0167. The van der Waals surface area contributed by atoms with Crippen LogP contribution < -0.4 is 32.7 Å². The van der Waals surface area contributed by atoms with Gasteiger partial charge < -0.3 is 32.7 Å². The van der Waals surface area contributed by atoms with Crippen molar-refractivity contribution in [2.75, 3.05) is 6.54 Å². The van der Waals surface area contributed by atoms with E-state index in [-0.39, 0.29) is 48.0 Å². The number of hydrogen-bond donors (Lipinski definition) is 6. The summed E-state index contributed by atoms with van der Waals surface area (Å²) in [6.45, 7) is 5.53. The van der Waals surface area contributed by atoms with E-state index in [0.29, 0.717) is 5.56 Å². The maximum absolute atomic E-state index is 13.7. The molecule has 3 rings (SSSR count). The number of pyridine rings is 1. The molecule has 1 aromatic carbocycles. The predicted octanol–water partition coefficient (Wildman–Crippen LogP) is 2.96. The highest BCUT2D eigenvalue weighted by atomic mass is 79.9. The first-order valence-electron chi connectivity index (χ1n) is 14.5. The average Bonchev–Trinajstić information content (AvgIpc) is 3.56. The van der Waals surface area contributed by atoms with Gasteiger partial charge in [0.05, 0.1) is 11.7 Å². The van der Waals surface area contributed by atoms with Gasteiger partial charge in [-0.25, -0.2) is 9.78 Å². The standard InChI is InChI=1S/C31H38BrN9O4S/c1-18(2)25(28(44)39-23(7-5-13-37-30(33)34)26(42)29-36-14-15-46-29)41-27(43)24(16-20-6-4-12-35-17-20)40-31(45)38-19(3)21-8-10-22(32)11-9-21/h4,6-12,14-15,17-19,24-25H,5,13,16H2,1-3H3,(H,39,44)(H,41,43)(H4,33,34,37)(H2,38,40,45)/b23-7+/t19-,24+,25+/m1/s1. The van der Waals surface area contributed by atoms with E-state index in [1.165, 1.54) is 12.3 Å². The van der Waals surface area contributed by atoms with Crippen LogP contribution in [0.4, 0.5) is 4.79 Å². The van der Waals surface area contributed by atoms with Crippen molar-refractivity contribution in [3.8, 4) is 0 Å². The molecule has 0 aliphatic carbocycles. The Morgan fingerprint density at radius 2 is 1.74 bits per heavy atom. The highest BCUT2D eigenvalue weighted by Crippen LogP contribution is 2.17. The van der Waals surface area contributed by atoms with Crippen molar-refractivity contribution in [3.63, 3.8) is 0 Å². The van der Waals surface area contributed by atoms with Crippen molar-refractivity contribution in [2.45, 2.75) is 51.7 Å². The topological polar surface area (TPSA) is 207 Å². The number of allylic oxidation sites excluding steroid dienone is 1. The molecule has 15 heteroatoms. The van der Waals surface area contributed by atoms with Crippen molar-refractivity contribution in [2.24, 2.45) is 22.4 Å². The van der Waals surface area contributed by atoms with E-state index in [1.807, 2.05) is 31.2 Å². The van der Waals surface area contributed by atoms with Crippen LogP contribution in [0, 0.1) is 5.92 Å². The van der Waals surface area contributed by atoms with Crippen LogP contribution in [0.15, 0.2) is 81.6 Å². The largest absolute Gasteiger partial charge is 0.370 e. The van der Waals surface area contributed by atoms with Gasteiger partial charge in [0.15, 0.2) is 11.0 Å². The molecule has 13 nitrogen and oxygen atoms in total. The minimum Gasteiger partial charge on any atom is -0.370 e. The molecule has 2 heterocycles. The summed E-state index contributed by atoms with van der Waals surface area (Å²) in [7, 11) is 0. The number of aromatic nitrogens is 2. The van der Waals surface area contributed by atoms with E-state index in [0.717, 1.165) is 21.4 Å². The number of halogens is 1. The molecular weight excluding hydrogens is 674 g/mol. The number of nitrogens with two attached hydrogens (primary N) is 2. The molecule has 0 unspecified atom stereocenters. The van der Waals surface area contributed by atoms with E-state index in [4.69, 9.17) is 11.5 Å². The lowest BCUT2D eigenvalue weighted by molar-refractivity contribution is -0.130. The Balaban J connectivity index is 1.78. The number of Topliss-reactive ketones (excluding diaryl/α,β-unsaturated/α-hetero) is 1. The molecule has 0 aliphatic rings. The highest BCUT2D eigenvalue weighted by molar-refractivity contribution is 9.10. The van der Waals surface area contributed by atoms with Crippen LogP contribution in [0.25, 0.3) is 0 Å². The molecule has 0 spiro atoms. The van der Waals surface area contributed by atoms with Crippen molar-refractivity contribution in [1.82, 2.24) is 31.2 Å². The van der Waals surface area contributed by atoms with Crippen LogP contribution in [0.5, 0.6) is 0 Å². The SMILES string of the molecule is CC(C)[C@H](NC(=O)[C@H](Cc1cccnc1)NC(=O)N[C@H](C)c1ccc(Br)cc1)C(=O)N/C(=C/CCN=C(N)N)C(=O)c1nccs1. The van der Waals surface area contributed by atoms with Gasteiger partial charge in [-0.2, -0.15) is 0 Å². The first-order valence-corrected chi connectivity index (χ1v) is 16.1. The summed E-state index contributed by atoms with van der Waals surface area (Å²) >= 11 is 4.53. The summed E-state index contributed by atoms with van der Waals surface area (Å²) in [6, 6.07) is 7.99. The lowest BCUT2D eigenvalue weighted by Gasteiger charge is -2.26. The van der Waals surface area contributed by atoms with Crippen molar-refractivity contribution < 1.29 is 19.2 Å². The number of hydrogen-bond acceptors (Lipinski definition) is 8. The number of aliphatic imine (C=N–C) groups is 1. The third-order valence-corrected chi connectivity index (χ3v) is 7.95. The monoisotopic (exact) mass is 711 g/mol. The van der Waals surface area contributed by atoms with Crippen molar-refractivity contribution >= 4 is 56.9 Å². The lowest BCUT2D eigenvalue weighted by Crippen LogP contribution is -2.57. The third kappa shape index (κ3) is 11.4. The minimum atomic E-state index is -1.05. The number of amides is 4. The number of urea groups is 1. The van der Waals surface area contributed by atoms with Gasteiger partial charge in [0.1, 0.15) is 12.1 Å². The van der Waals surface area contributed by atoms with Gasteiger partial charge in [-0.3, -0.25) is 24.4 Å². The molecule has 0 aliphatic heterocycles. The summed E-state index contributed by atoms with van der Waals surface area (Å²) in [5.74, 6) is -2.18. The van der Waals surface area contributed by atoms with Crippen LogP contribution in [0.2, 0.25) is 0 Å². The van der Waals surface area contributed by atoms with E-state index in [9.17, 15) is 19.2 Å². The molecule has 0 saturated heterocycles. The molecule has 0 radical (unpaired) electrons. The first-order chi connectivity index (χ1) is 21.9. The van der Waals surface area contributed by atoms with Crippen LogP contribution >= 0.6 is 27.3 Å². The summed E-state index contributed by atoms with van der Waals surface area (Å²) in [5.41, 5.74) is 12.3. The Hall–Kier alpha value is -4.63. The summed E-state index contributed by atoms with van der Waals surface area (Å²) in [5, 5.41) is 12.9. The van der Waals surface area contributed by atoms with E-state index in [2.05, 4.69) is 52.2 Å². The molecule has 0 bridgehead atoms. The molecular formula is C31H38BrN9O4S. The number of benzene rings is 1. The summed E-state index contributed by atoms with van der Waals surface area (Å²) in [6.07, 6.45) is 6.57. The molecule has 4 amide bonds. The maximum atomic E-state index is 13.7. The summed E-state index contributed by atoms with van der Waals surface area (Å²) in [4.78, 5) is 65.5. The van der Waals surface area contributed by atoms with Gasteiger partial charge >= 0.3 is 6.03 Å². The Morgan fingerprint density at radius 3 is 2.35 bits per heavy atom. The lowest BCUT2D eigenvalue weighted by atomic mass is 10.0. The Labute approximate surface area is 279 Å². The zero-order chi connectivity index (χ0) is 33.6. The smallest absolute Gasteiger partial charge is 0.315 e. The molecule has 8 N–H and O–H groups in total. The van der Waals surface area contributed by atoms with Crippen LogP contribution in [-0.4, -0.2) is 58.2 Å². The number of carbonyl (C=O) groups excluding carboxylic acids is 4. The van der Waals surface area contributed by atoms with Gasteiger partial charge in [-0.05, 0) is 48.6 Å². The molecule has 0 fully saturated rings. The van der Waals surface area contributed by atoms with Crippen molar-refractivity contribution in [1.29, 1.82) is 0 Å². The maximum Gasteiger partial charge on any atom is 0.315 e. The first kappa shape index (κ1) is 35.8. The Morgan fingerprint density at radius 1 is 1.00 bits per heavy atom. The van der Waals surface area contributed by atoms with Gasteiger partial charge in [-0.1, -0.05) is 54.1 Å². The molecule has 3 atom stereocenters. The zero-order valence-electron chi connectivity index (χ0n) is 25.7. The number of nitrogens with zero attached hydrogens (tertiary/aromatic N) is 3. The average molecular weight is 713 g/mol. The van der Waals surface area contributed by atoms with E-state index in [1.54, 1.807) is 43.8 Å². The van der Waals surface area contributed by atoms with E-state index >= 15 is 0 Å². The number of nitrogens with one attached hydrogen (secondary N) is 4. The quantitative estimate of drug-likeness (QED) is 0.0453. The number of thiazole rings is 1. The zero-order valence-corrected chi connectivity index (χ0v) is 28.1. The third-order valence-electron chi connectivity index (χ3n) is 6.65. The fourth-order valence-corrected chi connectivity index (χ4v) is 5.10. The molecule has 3 aromatic rings. The van der Waals surface area contributed by atoms with Crippen LogP contribution in [0.3, 0.4) is 0 Å². The predicted molar refractivity (Wildman–Crippen MR) is 181 cm³/mol. The normalized spacial score (nSPS) is 13.2. The number of guanidine groups is 1. The van der Waals surface area contributed by atoms with Gasteiger partial charge in [-0.15, -0.1) is 11.3 Å². The second kappa shape index (κ2) is 17.8. The van der Waals surface area contributed by atoms with Crippen molar-refractivity contribution in [3.05, 3.63) is 92.7 Å². The van der Waals surface area contributed by atoms with Gasteiger partial charge in [0.2, 0.25) is 17.6 Å². The highest BCUT2D eigenvalue weighted by Gasteiger charge is 2.31. The second-order valence-electron chi connectivity index (χ2n) is 10.6. The molecule has 2 aromatic heterocycles. The molecule has 0 saturated carbocycles. The fourth-order valence-electron chi connectivity index (χ4n) is 4.25. The number of ketones is 1. The Kier molecular flexibility index (Phi) is 13.8. The second-order valence-corrected chi connectivity index (χ2v) is 12.4. The fraction of sp³-hybridized carbons (Fsp3) is 0.323. The van der Waals surface area contributed by atoms with Gasteiger partial charge in [0.25, 0.3) is 0 Å².